The third-order valence-corrected chi connectivity index (χ3v) is 5.50. The molecule has 0 saturated heterocycles. The number of benzene rings is 3. The number of carbonyl (C=O) groups is 4. The van der Waals surface area contributed by atoms with E-state index in [4.69, 9.17) is 11.5 Å². The number of carbonyl (C=O) groups excluding carboxylic acids is 3. The third kappa shape index (κ3) is 3.07. The van der Waals surface area contributed by atoms with Gasteiger partial charge in [-0.3, -0.25) is 14.4 Å². The van der Waals surface area contributed by atoms with E-state index in [0.717, 1.165) is 0 Å². The minimum atomic E-state index is -1.20. The Kier molecular flexibility index (Phi) is 5.06. The molecule has 0 atom stereocenters. The van der Waals surface area contributed by atoms with Gasteiger partial charge >= 0.3 is 5.97 Å². The van der Waals surface area contributed by atoms with Crippen LogP contribution in [-0.4, -0.2) is 28.4 Å². The molecule has 4 rings (SSSR count). The zero-order chi connectivity index (χ0) is 22.3. The number of hydrogen-bond acceptors (Lipinski definition) is 6. The molecule has 0 aliphatic heterocycles. The molecule has 0 aromatic heterocycles. The van der Waals surface area contributed by atoms with Crippen LogP contribution in [0.4, 0.5) is 0 Å². The van der Waals surface area contributed by atoms with Gasteiger partial charge in [0.2, 0.25) is 0 Å². The molecule has 0 heterocycles. The Balaban J connectivity index is 1.93. The number of aromatic carboxylic acids is 1. The van der Waals surface area contributed by atoms with Crippen LogP contribution in [0, 0.1) is 0 Å². The monoisotopic (exact) mass is 414 g/mol. The molecule has 154 valence electrons. The lowest BCUT2D eigenvalue weighted by atomic mass is 9.79. The molecule has 5 N–H and O–H groups in total. The predicted molar refractivity (Wildman–Crippen MR) is 112 cm³/mol. The van der Waals surface area contributed by atoms with Gasteiger partial charge in [-0.05, 0) is 29.3 Å². The van der Waals surface area contributed by atoms with Crippen molar-refractivity contribution in [3.8, 4) is 0 Å². The molecule has 0 saturated carbocycles. The summed E-state index contributed by atoms with van der Waals surface area (Å²) in [6.07, 6.45) is 0. The summed E-state index contributed by atoms with van der Waals surface area (Å²) in [6.45, 7) is -0.306. The number of hydrogen-bond donors (Lipinski definition) is 3. The van der Waals surface area contributed by atoms with Gasteiger partial charge in [0.05, 0.1) is 5.56 Å². The minimum absolute atomic E-state index is 0.0687. The number of carboxylic acid groups (broad SMARTS) is 1. The van der Waals surface area contributed by atoms with Crippen molar-refractivity contribution in [3.63, 3.8) is 0 Å². The molecule has 0 spiro atoms. The molecule has 0 radical (unpaired) electrons. The maximum Gasteiger partial charge on any atom is 0.336 e. The summed E-state index contributed by atoms with van der Waals surface area (Å²) in [5.74, 6) is -2.39. The molecule has 0 unspecified atom stereocenters. The molecule has 7 heteroatoms. The van der Waals surface area contributed by atoms with Crippen molar-refractivity contribution in [2.24, 2.45) is 11.5 Å². The van der Waals surface area contributed by atoms with Crippen LogP contribution in [0.1, 0.15) is 69.2 Å². The summed E-state index contributed by atoms with van der Waals surface area (Å²) in [5, 5.41) is 9.42. The van der Waals surface area contributed by atoms with Crippen molar-refractivity contribution >= 4 is 23.3 Å². The van der Waals surface area contributed by atoms with Crippen molar-refractivity contribution in [3.05, 3.63) is 105 Å². The van der Waals surface area contributed by atoms with Gasteiger partial charge in [0.25, 0.3) is 0 Å². The molecule has 3 aromatic rings. The zero-order valence-corrected chi connectivity index (χ0v) is 16.3. The van der Waals surface area contributed by atoms with Crippen LogP contribution in [-0.2, 0) is 13.1 Å². The first-order valence-electron chi connectivity index (χ1n) is 9.55. The van der Waals surface area contributed by atoms with E-state index in [1.807, 2.05) is 0 Å². The molecule has 7 nitrogen and oxygen atoms in total. The first-order valence-corrected chi connectivity index (χ1v) is 9.55. The molecule has 1 aliphatic rings. The number of nitrogens with two attached hydrogens (primary N) is 2. The van der Waals surface area contributed by atoms with Crippen molar-refractivity contribution < 1.29 is 24.3 Å². The first-order chi connectivity index (χ1) is 14.9. The average Bonchev–Trinajstić information content (AvgIpc) is 2.80. The van der Waals surface area contributed by atoms with Crippen LogP contribution in [0.15, 0.2) is 54.6 Å². The van der Waals surface area contributed by atoms with E-state index in [-0.39, 0.29) is 69.2 Å². The Bertz CT molecular complexity index is 1290. The Morgan fingerprint density at radius 3 is 1.87 bits per heavy atom. The second-order valence-corrected chi connectivity index (χ2v) is 7.09. The number of rotatable bonds is 5. The highest BCUT2D eigenvalue weighted by atomic mass is 16.4. The third-order valence-electron chi connectivity index (χ3n) is 5.50. The van der Waals surface area contributed by atoms with Gasteiger partial charge in [-0.15, -0.1) is 0 Å². The van der Waals surface area contributed by atoms with Gasteiger partial charge in [-0.1, -0.05) is 36.4 Å². The van der Waals surface area contributed by atoms with E-state index in [0.29, 0.717) is 5.56 Å². The van der Waals surface area contributed by atoms with Crippen molar-refractivity contribution in [2.45, 2.75) is 13.1 Å². The van der Waals surface area contributed by atoms with Crippen LogP contribution in [0.25, 0.3) is 0 Å². The quantitative estimate of drug-likeness (QED) is 0.426. The lowest BCUT2D eigenvalue weighted by Gasteiger charge is -2.22. The van der Waals surface area contributed by atoms with Gasteiger partial charge in [0.1, 0.15) is 0 Å². The molecular formula is C24H18N2O5. The maximum atomic E-state index is 13.4. The van der Waals surface area contributed by atoms with Crippen molar-refractivity contribution in [2.75, 3.05) is 0 Å². The minimum Gasteiger partial charge on any atom is -0.478 e. The average molecular weight is 414 g/mol. The molecular weight excluding hydrogens is 396 g/mol. The van der Waals surface area contributed by atoms with Gasteiger partial charge in [0, 0.05) is 46.5 Å². The SMILES string of the molecule is NCc1c(C(=O)O)cccc1C(=O)c1ccc2c(c1CN)C(=O)c1ccccc1C2=O. The summed E-state index contributed by atoms with van der Waals surface area (Å²) < 4.78 is 0. The van der Waals surface area contributed by atoms with Crippen LogP contribution < -0.4 is 11.5 Å². The summed E-state index contributed by atoms with van der Waals surface area (Å²) in [5.41, 5.74) is 13.2. The number of fused-ring (bicyclic) bond motifs is 2. The van der Waals surface area contributed by atoms with Crippen molar-refractivity contribution in [1.29, 1.82) is 0 Å². The molecule has 0 amide bonds. The normalized spacial score (nSPS) is 12.3. The Morgan fingerprint density at radius 1 is 0.677 bits per heavy atom. The Hall–Kier alpha value is -3.94. The molecule has 1 aliphatic carbocycles. The highest BCUT2D eigenvalue weighted by Crippen LogP contribution is 2.32. The number of ketones is 3. The van der Waals surface area contributed by atoms with E-state index in [2.05, 4.69) is 0 Å². The fraction of sp³-hybridized carbons (Fsp3) is 0.0833. The van der Waals surface area contributed by atoms with Gasteiger partial charge in [-0.25, -0.2) is 4.79 Å². The lowest BCUT2D eigenvalue weighted by Crippen LogP contribution is -2.25. The fourth-order valence-corrected chi connectivity index (χ4v) is 4.04. The maximum absolute atomic E-state index is 13.4. The fourth-order valence-electron chi connectivity index (χ4n) is 4.04. The smallest absolute Gasteiger partial charge is 0.336 e. The standard InChI is InChI=1S/C24H18N2O5/c25-10-18-14(6-3-7-16(18)24(30)31)21(27)15-8-9-17-20(19(15)11-26)23(29)13-5-2-1-4-12(13)22(17)28/h1-9H,10-11,25-26H2,(H,30,31). The summed E-state index contributed by atoms with van der Waals surface area (Å²) >= 11 is 0. The Labute approximate surface area is 177 Å². The second kappa shape index (κ2) is 7.71. The van der Waals surface area contributed by atoms with E-state index in [9.17, 15) is 24.3 Å². The van der Waals surface area contributed by atoms with Crippen molar-refractivity contribution in [1.82, 2.24) is 0 Å². The van der Waals surface area contributed by atoms with E-state index in [1.165, 1.54) is 30.3 Å². The lowest BCUT2D eigenvalue weighted by molar-refractivity contribution is 0.0695. The predicted octanol–water partition coefficient (Wildman–Crippen LogP) is 2.31. The van der Waals surface area contributed by atoms with E-state index >= 15 is 0 Å². The highest BCUT2D eigenvalue weighted by Gasteiger charge is 2.33. The van der Waals surface area contributed by atoms with Crippen LogP contribution in [0.2, 0.25) is 0 Å². The van der Waals surface area contributed by atoms with Gasteiger partial charge in [0.15, 0.2) is 17.3 Å². The van der Waals surface area contributed by atoms with E-state index < -0.39 is 11.8 Å². The first kappa shape index (κ1) is 20.3. The summed E-state index contributed by atoms with van der Waals surface area (Å²) in [4.78, 5) is 51.1. The summed E-state index contributed by atoms with van der Waals surface area (Å²) in [6, 6.07) is 13.7. The van der Waals surface area contributed by atoms with E-state index in [1.54, 1.807) is 24.3 Å². The largest absolute Gasteiger partial charge is 0.478 e. The molecule has 3 aromatic carbocycles. The van der Waals surface area contributed by atoms with Crippen LogP contribution in [0.5, 0.6) is 0 Å². The highest BCUT2D eigenvalue weighted by molar-refractivity contribution is 6.29. The topological polar surface area (TPSA) is 141 Å². The van der Waals surface area contributed by atoms with Gasteiger partial charge in [-0.2, -0.15) is 0 Å². The van der Waals surface area contributed by atoms with Crippen LogP contribution in [0.3, 0.4) is 0 Å². The Morgan fingerprint density at radius 2 is 1.26 bits per heavy atom. The zero-order valence-electron chi connectivity index (χ0n) is 16.3. The molecule has 0 bridgehead atoms. The summed E-state index contributed by atoms with van der Waals surface area (Å²) in [7, 11) is 0. The molecule has 31 heavy (non-hydrogen) atoms. The number of carboxylic acids is 1. The molecule has 0 fully saturated rings. The van der Waals surface area contributed by atoms with Crippen LogP contribution >= 0.6 is 0 Å². The van der Waals surface area contributed by atoms with Gasteiger partial charge < -0.3 is 16.6 Å². The second-order valence-electron chi connectivity index (χ2n) is 7.09.